The lowest BCUT2D eigenvalue weighted by molar-refractivity contribution is 1.07. The summed E-state index contributed by atoms with van der Waals surface area (Å²) in [6, 6.07) is 29.4. The van der Waals surface area contributed by atoms with Crippen LogP contribution in [-0.2, 0) is 0 Å². The summed E-state index contributed by atoms with van der Waals surface area (Å²) in [4.78, 5) is 18.8. The van der Waals surface area contributed by atoms with Crippen molar-refractivity contribution in [2.75, 3.05) is 0 Å². The van der Waals surface area contributed by atoms with Crippen LogP contribution in [0.25, 0.3) is 45.3 Å². The lowest BCUT2D eigenvalue weighted by Crippen LogP contribution is -2.49. The monoisotopic (exact) mass is 442 g/mol. The molecule has 0 saturated heterocycles. The molecule has 2 aromatic heterocycles. The molecular weight excluding hydrogens is 420 g/mol. The van der Waals surface area contributed by atoms with Gasteiger partial charge >= 0.3 is 0 Å². The minimum absolute atomic E-state index is 0.632. The first-order valence-corrected chi connectivity index (χ1v) is 14.1. The van der Waals surface area contributed by atoms with Gasteiger partial charge in [0.1, 0.15) is 8.07 Å². The highest BCUT2D eigenvalue weighted by Gasteiger charge is 2.37. The largest absolute Gasteiger partial charge is 0.264 e. The van der Waals surface area contributed by atoms with Gasteiger partial charge in [-0.05, 0) is 33.6 Å². The van der Waals surface area contributed by atoms with Crippen LogP contribution in [0, 0.1) is 0 Å². The number of benzene rings is 3. The molecule has 1 aliphatic rings. The van der Waals surface area contributed by atoms with Crippen LogP contribution in [0.4, 0.5) is 0 Å². The molecule has 33 heavy (non-hydrogen) atoms. The van der Waals surface area contributed by atoms with Crippen molar-refractivity contribution in [2.45, 2.75) is 13.1 Å². The van der Waals surface area contributed by atoms with Gasteiger partial charge in [0.15, 0.2) is 17.5 Å². The van der Waals surface area contributed by atoms with Crippen LogP contribution in [-0.4, -0.2) is 28.0 Å². The Labute approximate surface area is 194 Å². The Morgan fingerprint density at radius 1 is 0.545 bits per heavy atom. The van der Waals surface area contributed by atoms with Crippen molar-refractivity contribution < 1.29 is 0 Å². The van der Waals surface area contributed by atoms with E-state index in [4.69, 9.17) is 15.0 Å². The van der Waals surface area contributed by atoms with E-state index in [9.17, 15) is 0 Å². The highest BCUT2D eigenvalue weighted by Crippen LogP contribution is 2.31. The summed E-state index contributed by atoms with van der Waals surface area (Å²) in [5, 5.41) is 2.93. The quantitative estimate of drug-likeness (QED) is 0.366. The predicted octanol–water partition coefficient (Wildman–Crippen LogP) is 5.07. The maximum atomic E-state index is 4.89. The molecule has 0 spiro atoms. The Balaban J connectivity index is 1.54. The zero-order chi connectivity index (χ0) is 22.4. The first-order valence-electron chi connectivity index (χ1n) is 11.1. The van der Waals surface area contributed by atoms with E-state index in [0.717, 1.165) is 16.7 Å². The molecule has 6 rings (SSSR count). The van der Waals surface area contributed by atoms with Gasteiger partial charge in [-0.1, -0.05) is 85.9 Å². The van der Waals surface area contributed by atoms with Crippen LogP contribution in [0.1, 0.15) is 0 Å². The lowest BCUT2D eigenvalue weighted by Gasteiger charge is -2.19. The summed E-state index contributed by atoms with van der Waals surface area (Å²) in [7, 11) is -1.78. The van der Waals surface area contributed by atoms with Crippen molar-refractivity contribution in [3.63, 3.8) is 0 Å². The molecule has 0 fully saturated rings. The molecule has 5 aromatic rings. The Hall–Kier alpha value is -3.96. The van der Waals surface area contributed by atoms with Crippen molar-refractivity contribution in [1.82, 2.24) is 19.9 Å². The molecule has 0 atom stereocenters. The SMILES string of the molecule is C[Si]1(C)c2ccccc2-c2ccc(-c3nc(-c4ccccc4)nc(-c4cccnc4)n3)cc21. The third-order valence-electron chi connectivity index (χ3n) is 6.43. The number of pyridine rings is 1. The molecule has 0 amide bonds. The Morgan fingerprint density at radius 3 is 1.94 bits per heavy atom. The second kappa shape index (κ2) is 7.57. The summed E-state index contributed by atoms with van der Waals surface area (Å²) in [5.74, 6) is 1.98. The minimum atomic E-state index is -1.78. The van der Waals surface area contributed by atoms with Crippen molar-refractivity contribution in [1.29, 1.82) is 0 Å². The Bertz CT molecular complexity index is 1420. The lowest BCUT2D eigenvalue weighted by atomic mass is 10.0. The summed E-state index contributed by atoms with van der Waals surface area (Å²) >= 11 is 0. The van der Waals surface area contributed by atoms with Gasteiger partial charge in [-0.2, -0.15) is 0 Å². The van der Waals surface area contributed by atoms with Gasteiger partial charge in [0, 0.05) is 29.1 Å². The summed E-state index contributed by atoms with van der Waals surface area (Å²) in [6.45, 7) is 4.84. The number of hydrogen-bond acceptors (Lipinski definition) is 4. The van der Waals surface area contributed by atoms with Crippen molar-refractivity contribution in [2.24, 2.45) is 0 Å². The predicted molar refractivity (Wildman–Crippen MR) is 136 cm³/mol. The van der Waals surface area contributed by atoms with Crippen LogP contribution in [0.3, 0.4) is 0 Å². The average Bonchev–Trinajstić information content (AvgIpc) is 3.11. The van der Waals surface area contributed by atoms with Crippen molar-refractivity contribution >= 4 is 18.4 Å². The average molecular weight is 443 g/mol. The summed E-state index contributed by atoms with van der Waals surface area (Å²) in [6.07, 6.45) is 3.55. The number of fused-ring (bicyclic) bond motifs is 3. The molecule has 0 N–H and O–H groups in total. The van der Waals surface area contributed by atoms with Gasteiger partial charge in [-0.25, -0.2) is 15.0 Å². The van der Waals surface area contributed by atoms with Gasteiger partial charge in [-0.3, -0.25) is 4.98 Å². The smallest absolute Gasteiger partial charge is 0.165 e. The van der Waals surface area contributed by atoms with E-state index in [-0.39, 0.29) is 0 Å². The molecule has 0 aliphatic carbocycles. The second-order valence-corrected chi connectivity index (χ2v) is 13.2. The first-order chi connectivity index (χ1) is 16.1. The molecule has 0 radical (unpaired) electrons. The van der Waals surface area contributed by atoms with Crippen LogP contribution in [0.2, 0.25) is 13.1 Å². The fourth-order valence-corrected chi connectivity index (χ4v) is 7.79. The highest BCUT2D eigenvalue weighted by atomic mass is 28.3. The Morgan fingerprint density at radius 2 is 1.18 bits per heavy atom. The molecule has 0 saturated carbocycles. The van der Waals surface area contributed by atoms with E-state index >= 15 is 0 Å². The standard InChI is InChI=1S/C28H22N4Si/c1-33(2)24-13-7-6-12-22(24)23-15-14-20(17-25(23)33)27-30-26(19-9-4-3-5-10-19)31-28(32-27)21-11-8-16-29-18-21/h3-18H,1-2H3. The Kier molecular flexibility index (Phi) is 4.52. The third kappa shape index (κ3) is 3.29. The van der Waals surface area contributed by atoms with E-state index in [2.05, 4.69) is 60.5 Å². The maximum Gasteiger partial charge on any atom is 0.165 e. The fraction of sp³-hybridized carbons (Fsp3) is 0.0714. The van der Waals surface area contributed by atoms with Gasteiger partial charge in [0.05, 0.1) is 0 Å². The zero-order valence-corrected chi connectivity index (χ0v) is 19.5. The van der Waals surface area contributed by atoms with Crippen LogP contribution >= 0.6 is 0 Å². The van der Waals surface area contributed by atoms with E-state index in [1.807, 2.05) is 42.5 Å². The maximum absolute atomic E-state index is 4.89. The summed E-state index contributed by atoms with van der Waals surface area (Å²) in [5.41, 5.74) is 5.58. The summed E-state index contributed by atoms with van der Waals surface area (Å²) < 4.78 is 0. The molecule has 0 bridgehead atoms. The molecule has 158 valence electrons. The molecule has 1 aliphatic heterocycles. The second-order valence-electron chi connectivity index (χ2n) is 8.84. The normalized spacial score (nSPS) is 13.4. The van der Waals surface area contributed by atoms with E-state index in [1.54, 1.807) is 12.4 Å². The topological polar surface area (TPSA) is 51.6 Å². The first kappa shape index (κ1) is 19.7. The van der Waals surface area contributed by atoms with Gasteiger partial charge in [-0.15, -0.1) is 0 Å². The zero-order valence-electron chi connectivity index (χ0n) is 18.5. The van der Waals surface area contributed by atoms with Crippen molar-refractivity contribution in [3.05, 3.63) is 97.3 Å². The molecule has 4 nitrogen and oxygen atoms in total. The highest BCUT2D eigenvalue weighted by molar-refractivity contribution is 7.03. The molecule has 3 heterocycles. The molecule has 0 unspecified atom stereocenters. The van der Waals surface area contributed by atoms with E-state index in [0.29, 0.717) is 17.5 Å². The number of aromatic nitrogens is 4. The molecule has 5 heteroatoms. The van der Waals surface area contributed by atoms with Crippen LogP contribution in [0.15, 0.2) is 97.3 Å². The minimum Gasteiger partial charge on any atom is -0.264 e. The number of nitrogens with zero attached hydrogens (tertiary/aromatic N) is 4. The van der Waals surface area contributed by atoms with Gasteiger partial charge in [0.25, 0.3) is 0 Å². The van der Waals surface area contributed by atoms with E-state index < -0.39 is 8.07 Å². The van der Waals surface area contributed by atoms with Gasteiger partial charge < -0.3 is 0 Å². The van der Waals surface area contributed by atoms with Crippen LogP contribution < -0.4 is 10.4 Å². The van der Waals surface area contributed by atoms with Crippen LogP contribution in [0.5, 0.6) is 0 Å². The molecular formula is C28H22N4Si. The third-order valence-corrected chi connectivity index (χ3v) is 9.97. The molecule has 3 aromatic carbocycles. The van der Waals surface area contributed by atoms with Crippen molar-refractivity contribution in [3.8, 4) is 45.3 Å². The fourth-order valence-electron chi connectivity index (χ4n) is 4.69. The van der Waals surface area contributed by atoms with Gasteiger partial charge in [0.2, 0.25) is 0 Å². The number of rotatable bonds is 3. The van der Waals surface area contributed by atoms with E-state index in [1.165, 1.54) is 21.5 Å². The number of hydrogen-bond donors (Lipinski definition) is 0.